The molecular weight excluding hydrogens is 289 g/mol. The molecule has 0 aliphatic heterocycles. The molecule has 0 fully saturated rings. The summed E-state index contributed by atoms with van der Waals surface area (Å²) < 4.78 is 40.3. The summed E-state index contributed by atoms with van der Waals surface area (Å²) in [6.07, 6.45) is -0.0272. The highest BCUT2D eigenvalue weighted by molar-refractivity contribution is 6.17. The first kappa shape index (κ1) is 14.9. The van der Waals surface area contributed by atoms with Crippen LogP contribution in [-0.4, -0.2) is 11.0 Å². The Balaban J connectivity index is 2.63. The first-order valence-corrected chi connectivity index (χ1v) is 6.52. The van der Waals surface area contributed by atoms with Crippen molar-refractivity contribution < 1.29 is 18.3 Å². The van der Waals surface area contributed by atoms with Crippen molar-refractivity contribution in [3.63, 3.8) is 0 Å². The van der Waals surface area contributed by atoms with Gasteiger partial charge >= 0.3 is 0 Å². The number of aliphatic hydroxyl groups is 1. The monoisotopic (exact) mass is 300 g/mol. The van der Waals surface area contributed by atoms with E-state index in [1.54, 1.807) is 30.3 Å². The largest absolute Gasteiger partial charge is 0.380 e. The Kier molecular flexibility index (Phi) is 4.35. The smallest absolute Gasteiger partial charge is 0.194 e. The fourth-order valence-corrected chi connectivity index (χ4v) is 2.40. The maximum atomic E-state index is 13.9. The van der Waals surface area contributed by atoms with Gasteiger partial charge in [0, 0.05) is 11.4 Å². The Labute approximate surface area is 119 Å². The van der Waals surface area contributed by atoms with Gasteiger partial charge in [0.1, 0.15) is 5.60 Å². The van der Waals surface area contributed by atoms with Crippen LogP contribution < -0.4 is 0 Å². The zero-order valence-electron chi connectivity index (χ0n) is 10.4. The summed E-state index contributed by atoms with van der Waals surface area (Å²) in [4.78, 5) is 0. The van der Waals surface area contributed by atoms with E-state index in [9.17, 15) is 18.3 Å². The molecule has 2 aromatic rings. The number of hydrogen-bond acceptors (Lipinski definition) is 1. The summed E-state index contributed by atoms with van der Waals surface area (Å²) in [6, 6.07) is 10.0. The van der Waals surface area contributed by atoms with E-state index in [0.29, 0.717) is 5.56 Å². The highest BCUT2D eigenvalue weighted by Crippen LogP contribution is 2.35. The van der Waals surface area contributed by atoms with Crippen LogP contribution in [0.2, 0.25) is 0 Å². The average molecular weight is 301 g/mol. The van der Waals surface area contributed by atoms with Crippen molar-refractivity contribution in [2.45, 2.75) is 12.0 Å². The normalized spacial score (nSPS) is 14.1. The Morgan fingerprint density at radius 1 is 0.950 bits per heavy atom. The van der Waals surface area contributed by atoms with E-state index in [0.717, 1.165) is 12.1 Å². The number of rotatable bonds is 4. The quantitative estimate of drug-likeness (QED) is 0.669. The molecule has 0 saturated heterocycles. The molecule has 1 nitrogen and oxygen atoms in total. The van der Waals surface area contributed by atoms with Crippen molar-refractivity contribution in [2.75, 3.05) is 5.88 Å². The van der Waals surface area contributed by atoms with Crippen LogP contribution >= 0.6 is 11.6 Å². The second kappa shape index (κ2) is 5.85. The molecule has 0 saturated carbocycles. The SMILES string of the molecule is OC(CCCl)(c1ccccc1)c1ccc(F)c(F)c1F. The number of halogens is 4. The van der Waals surface area contributed by atoms with Crippen LogP contribution in [0.15, 0.2) is 42.5 Å². The Bertz CT molecular complexity index is 604. The van der Waals surface area contributed by atoms with Crippen molar-refractivity contribution in [3.05, 3.63) is 71.0 Å². The van der Waals surface area contributed by atoms with Gasteiger partial charge in [0.2, 0.25) is 0 Å². The van der Waals surface area contributed by atoms with Crippen molar-refractivity contribution in [1.29, 1.82) is 0 Å². The fraction of sp³-hybridized carbons (Fsp3) is 0.200. The third-order valence-corrected chi connectivity index (χ3v) is 3.38. The number of hydrogen-bond donors (Lipinski definition) is 1. The minimum absolute atomic E-state index is 0.0272. The lowest BCUT2D eigenvalue weighted by atomic mass is 9.83. The topological polar surface area (TPSA) is 20.2 Å². The fourth-order valence-electron chi connectivity index (χ4n) is 2.13. The summed E-state index contributed by atoms with van der Waals surface area (Å²) in [5.41, 5.74) is -1.77. The van der Waals surface area contributed by atoms with Gasteiger partial charge in [0.05, 0.1) is 0 Å². The summed E-state index contributed by atoms with van der Waals surface area (Å²) in [7, 11) is 0. The zero-order valence-corrected chi connectivity index (χ0v) is 11.2. The maximum Gasteiger partial charge on any atom is 0.194 e. The van der Waals surface area contributed by atoms with Crippen LogP contribution in [0.3, 0.4) is 0 Å². The number of alkyl halides is 1. The van der Waals surface area contributed by atoms with Gasteiger partial charge in [-0.3, -0.25) is 0 Å². The van der Waals surface area contributed by atoms with E-state index in [1.807, 2.05) is 0 Å². The summed E-state index contributed by atoms with van der Waals surface area (Å²) in [5.74, 6) is -4.27. The Morgan fingerprint density at radius 2 is 1.60 bits per heavy atom. The van der Waals surface area contributed by atoms with E-state index < -0.39 is 23.1 Å². The van der Waals surface area contributed by atoms with Gasteiger partial charge in [-0.05, 0) is 24.1 Å². The molecule has 5 heteroatoms. The first-order chi connectivity index (χ1) is 9.50. The highest BCUT2D eigenvalue weighted by Gasteiger charge is 2.35. The minimum atomic E-state index is -1.80. The summed E-state index contributed by atoms with van der Waals surface area (Å²) in [5, 5.41) is 10.7. The van der Waals surface area contributed by atoms with Gasteiger partial charge in [-0.2, -0.15) is 0 Å². The molecule has 1 atom stereocenters. The molecule has 1 unspecified atom stereocenters. The molecule has 0 radical (unpaired) electrons. The average Bonchev–Trinajstić information content (AvgIpc) is 2.46. The minimum Gasteiger partial charge on any atom is -0.380 e. The lowest BCUT2D eigenvalue weighted by molar-refractivity contribution is 0.0724. The molecular formula is C15H12ClF3O. The molecule has 0 amide bonds. The van der Waals surface area contributed by atoms with Gasteiger partial charge in [-0.1, -0.05) is 30.3 Å². The van der Waals surface area contributed by atoms with E-state index >= 15 is 0 Å². The number of benzene rings is 2. The van der Waals surface area contributed by atoms with E-state index in [1.165, 1.54) is 0 Å². The molecule has 0 heterocycles. The predicted molar refractivity (Wildman–Crippen MR) is 71.1 cm³/mol. The van der Waals surface area contributed by atoms with Crippen molar-refractivity contribution >= 4 is 11.6 Å². The maximum absolute atomic E-state index is 13.9. The van der Waals surface area contributed by atoms with Gasteiger partial charge < -0.3 is 5.11 Å². The molecule has 0 bridgehead atoms. The molecule has 0 spiro atoms. The summed E-state index contributed by atoms with van der Waals surface area (Å²) in [6.45, 7) is 0. The summed E-state index contributed by atoms with van der Waals surface area (Å²) >= 11 is 5.66. The highest BCUT2D eigenvalue weighted by atomic mass is 35.5. The van der Waals surface area contributed by atoms with Crippen LogP contribution in [0.5, 0.6) is 0 Å². The van der Waals surface area contributed by atoms with E-state index in [2.05, 4.69) is 0 Å². The molecule has 2 aromatic carbocycles. The van der Waals surface area contributed by atoms with Gasteiger partial charge in [-0.25, -0.2) is 13.2 Å². The molecule has 20 heavy (non-hydrogen) atoms. The van der Waals surface area contributed by atoms with Crippen LogP contribution in [0.4, 0.5) is 13.2 Å². The first-order valence-electron chi connectivity index (χ1n) is 5.98. The van der Waals surface area contributed by atoms with Gasteiger partial charge in [-0.15, -0.1) is 11.6 Å². The van der Waals surface area contributed by atoms with Gasteiger partial charge in [0.25, 0.3) is 0 Å². The van der Waals surface area contributed by atoms with Crippen LogP contribution in [0.25, 0.3) is 0 Å². The van der Waals surface area contributed by atoms with Crippen LogP contribution in [-0.2, 0) is 5.60 Å². The lowest BCUT2D eigenvalue weighted by Gasteiger charge is -2.29. The van der Waals surface area contributed by atoms with Crippen LogP contribution in [0.1, 0.15) is 17.5 Å². The molecule has 0 aliphatic rings. The second-order valence-corrected chi connectivity index (χ2v) is 4.77. The molecule has 0 aromatic heterocycles. The van der Waals surface area contributed by atoms with Crippen molar-refractivity contribution in [1.82, 2.24) is 0 Å². The third-order valence-electron chi connectivity index (χ3n) is 3.19. The molecule has 106 valence electrons. The van der Waals surface area contributed by atoms with E-state index in [4.69, 9.17) is 11.6 Å². The zero-order chi connectivity index (χ0) is 14.8. The molecule has 1 N–H and O–H groups in total. The lowest BCUT2D eigenvalue weighted by Crippen LogP contribution is -2.29. The second-order valence-electron chi connectivity index (χ2n) is 4.39. The Morgan fingerprint density at radius 3 is 2.20 bits per heavy atom. The van der Waals surface area contributed by atoms with E-state index in [-0.39, 0.29) is 17.9 Å². The predicted octanol–water partition coefficient (Wildman–Crippen LogP) is 3.97. The Hall–Kier alpha value is -1.52. The third kappa shape index (κ3) is 2.53. The molecule has 0 aliphatic carbocycles. The van der Waals surface area contributed by atoms with Gasteiger partial charge in [0.15, 0.2) is 17.5 Å². The van der Waals surface area contributed by atoms with Crippen LogP contribution in [0, 0.1) is 17.5 Å². The molecule has 2 rings (SSSR count). The van der Waals surface area contributed by atoms with Crippen molar-refractivity contribution in [2.24, 2.45) is 0 Å². The van der Waals surface area contributed by atoms with Crippen molar-refractivity contribution in [3.8, 4) is 0 Å². The standard InChI is InChI=1S/C15H12ClF3O/c16-9-8-15(20,10-4-2-1-3-5-10)11-6-7-12(17)14(19)13(11)18/h1-7,20H,8-9H2.